The van der Waals surface area contributed by atoms with Gasteiger partial charge in [-0.1, -0.05) is 25.7 Å². The van der Waals surface area contributed by atoms with Gasteiger partial charge in [-0.25, -0.2) is 4.98 Å². The summed E-state index contributed by atoms with van der Waals surface area (Å²) >= 11 is 1.62. The molecule has 1 unspecified atom stereocenters. The molecule has 1 aliphatic carbocycles. The maximum Gasteiger partial charge on any atom is 0.125 e. The lowest BCUT2D eigenvalue weighted by atomic mass is 9.95. The highest BCUT2D eigenvalue weighted by Crippen LogP contribution is 2.42. The van der Waals surface area contributed by atoms with Crippen molar-refractivity contribution in [2.75, 3.05) is 7.11 Å². The van der Waals surface area contributed by atoms with Gasteiger partial charge in [-0.2, -0.15) is 0 Å². The Bertz CT molecular complexity index is 392. The van der Waals surface area contributed by atoms with Gasteiger partial charge < -0.3 is 9.84 Å². The van der Waals surface area contributed by atoms with Gasteiger partial charge in [0.1, 0.15) is 10.6 Å². The topological polar surface area (TPSA) is 42.4 Å². The smallest absolute Gasteiger partial charge is 0.125 e. The summed E-state index contributed by atoms with van der Waals surface area (Å²) in [5, 5.41) is 10.8. The highest BCUT2D eigenvalue weighted by Gasteiger charge is 2.36. The Labute approximate surface area is 113 Å². The monoisotopic (exact) mass is 269 g/mol. The van der Waals surface area contributed by atoms with Crippen LogP contribution in [0, 0.1) is 6.92 Å². The first kappa shape index (κ1) is 14.0. The number of aliphatic hydroxyl groups excluding tert-OH is 1. The quantitative estimate of drug-likeness (QED) is 0.851. The zero-order valence-corrected chi connectivity index (χ0v) is 12.3. The maximum atomic E-state index is 9.76. The Morgan fingerprint density at radius 2 is 1.89 bits per heavy atom. The van der Waals surface area contributed by atoms with Crippen LogP contribution < -0.4 is 0 Å². The van der Waals surface area contributed by atoms with E-state index < -0.39 is 6.10 Å². The van der Waals surface area contributed by atoms with Crippen LogP contribution in [0.3, 0.4) is 0 Å². The van der Waals surface area contributed by atoms with Crippen molar-refractivity contribution < 1.29 is 9.84 Å². The van der Waals surface area contributed by atoms with Gasteiger partial charge in [-0.3, -0.25) is 0 Å². The summed E-state index contributed by atoms with van der Waals surface area (Å²) in [6.07, 6.45) is 6.66. The van der Waals surface area contributed by atoms with Crippen molar-refractivity contribution in [1.82, 2.24) is 4.98 Å². The van der Waals surface area contributed by atoms with E-state index >= 15 is 0 Å². The van der Waals surface area contributed by atoms with Crippen LogP contribution in [0.25, 0.3) is 0 Å². The van der Waals surface area contributed by atoms with Crippen molar-refractivity contribution in [3.8, 4) is 0 Å². The summed E-state index contributed by atoms with van der Waals surface area (Å²) in [5.41, 5.74) is 0.740. The molecule has 0 amide bonds. The standard InChI is InChI=1S/C14H23NO2S/c1-10-12(11(2)16)18-13(15-10)14(17-3)8-6-4-5-7-9-14/h11,16H,4-9H2,1-3H3. The van der Waals surface area contributed by atoms with Gasteiger partial charge >= 0.3 is 0 Å². The molecular weight excluding hydrogens is 246 g/mol. The van der Waals surface area contributed by atoms with Crippen LogP contribution in [-0.2, 0) is 10.3 Å². The summed E-state index contributed by atoms with van der Waals surface area (Å²) in [4.78, 5) is 5.65. The first-order valence-electron chi connectivity index (χ1n) is 6.80. The number of ether oxygens (including phenoxy) is 1. The number of hydrogen-bond acceptors (Lipinski definition) is 4. The number of methoxy groups -OCH3 is 1. The molecule has 3 nitrogen and oxygen atoms in total. The van der Waals surface area contributed by atoms with Crippen LogP contribution in [0.5, 0.6) is 0 Å². The van der Waals surface area contributed by atoms with Gasteiger partial charge in [0, 0.05) is 7.11 Å². The van der Waals surface area contributed by atoms with E-state index in [4.69, 9.17) is 4.74 Å². The third-order valence-corrected chi connectivity index (χ3v) is 5.42. The molecule has 1 heterocycles. The van der Waals surface area contributed by atoms with Crippen LogP contribution in [-0.4, -0.2) is 17.2 Å². The first-order chi connectivity index (χ1) is 8.59. The minimum atomic E-state index is -0.434. The fourth-order valence-corrected chi connectivity index (χ4v) is 4.02. The van der Waals surface area contributed by atoms with Crippen LogP contribution in [0.15, 0.2) is 0 Å². The molecule has 1 atom stereocenters. The van der Waals surface area contributed by atoms with Crippen molar-refractivity contribution in [1.29, 1.82) is 0 Å². The van der Waals surface area contributed by atoms with E-state index in [-0.39, 0.29) is 5.60 Å². The number of rotatable bonds is 3. The largest absolute Gasteiger partial charge is 0.388 e. The van der Waals surface area contributed by atoms with Gasteiger partial charge in [0.15, 0.2) is 0 Å². The second kappa shape index (κ2) is 5.68. The van der Waals surface area contributed by atoms with E-state index in [1.54, 1.807) is 25.4 Å². The molecule has 2 rings (SSSR count). The highest BCUT2D eigenvalue weighted by molar-refractivity contribution is 7.12. The number of aryl methyl sites for hydroxylation is 1. The third kappa shape index (κ3) is 2.60. The molecule has 0 saturated heterocycles. The SMILES string of the molecule is COC1(c2nc(C)c(C(C)O)s2)CCCCCC1. The third-order valence-electron chi connectivity index (χ3n) is 3.90. The average Bonchev–Trinajstić information content (AvgIpc) is 2.61. The zero-order valence-electron chi connectivity index (χ0n) is 11.5. The molecule has 1 saturated carbocycles. The summed E-state index contributed by atoms with van der Waals surface area (Å²) in [7, 11) is 1.80. The van der Waals surface area contributed by atoms with E-state index in [9.17, 15) is 5.11 Å². The van der Waals surface area contributed by atoms with E-state index in [2.05, 4.69) is 4.98 Å². The zero-order chi connectivity index (χ0) is 13.2. The lowest BCUT2D eigenvalue weighted by Gasteiger charge is -2.29. The van der Waals surface area contributed by atoms with Crippen molar-refractivity contribution in [3.05, 3.63) is 15.6 Å². The lowest BCUT2D eigenvalue weighted by molar-refractivity contribution is -0.0280. The number of thiazole rings is 1. The maximum absolute atomic E-state index is 9.76. The summed E-state index contributed by atoms with van der Waals surface area (Å²) in [5.74, 6) is 0. The molecule has 18 heavy (non-hydrogen) atoms. The minimum absolute atomic E-state index is 0.209. The molecule has 0 bridgehead atoms. The minimum Gasteiger partial charge on any atom is -0.388 e. The Morgan fingerprint density at radius 1 is 1.28 bits per heavy atom. The van der Waals surface area contributed by atoms with Gasteiger partial charge in [0.05, 0.1) is 16.7 Å². The Morgan fingerprint density at radius 3 is 2.33 bits per heavy atom. The Hall–Kier alpha value is -0.450. The number of aliphatic hydroxyl groups is 1. The molecule has 102 valence electrons. The van der Waals surface area contributed by atoms with E-state index in [1.807, 2.05) is 6.92 Å². The molecule has 1 aromatic rings. The van der Waals surface area contributed by atoms with Crippen molar-refractivity contribution >= 4 is 11.3 Å². The van der Waals surface area contributed by atoms with E-state index in [0.29, 0.717) is 0 Å². The number of aromatic nitrogens is 1. The molecule has 1 aromatic heterocycles. The van der Waals surface area contributed by atoms with Crippen LogP contribution in [0.4, 0.5) is 0 Å². The summed E-state index contributed by atoms with van der Waals surface area (Å²) in [6, 6.07) is 0. The fraction of sp³-hybridized carbons (Fsp3) is 0.786. The average molecular weight is 269 g/mol. The highest BCUT2D eigenvalue weighted by atomic mass is 32.1. The Balaban J connectivity index is 2.34. The van der Waals surface area contributed by atoms with Crippen LogP contribution in [0.1, 0.15) is 67.1 Å². The molecular formula is C14H23NO2S. The van der Waals surface area contributed by atoms with Crippen molar-refractivity contribution in [2.24, 2.45) is 0 Å². The molecule has 4 heteroatoms. The van der Waals surface area contributed by atoms with E-state index in [1.165, 1.54) is 25.7 Å². The first-order valence-corrected chi connectivity index (χ1v) is 7.62. The van der Waals surface area contributed by atoms with Gasteiger partial charge in [0.2, 0.25) is 0 Å². The van der Waals surface area contributed by atoms with Gasteiger partial charge in [0.25, 0.3) is 0 Å². The lowest BCUT2D eigenvalue weighted by Crippen LogP contribution is -2.27. The summed E-state index contributed by atoms with van der Waals surface area (Å²) in [6.45, 7) is 3.78. The number of hydrogen-bond donors (Lipinski definition) is 1. The molecule has 1 fully saturated rings. The van der Waals surface area contributed by atoms with Crippen LogP contribution in [0.2, 0.25) is 0 Å². The second-order valence-electron chi connectivity index (χ2n) is 5.26. The molecule has 0 radical (unpaired) electrons. The molecule has 0 spiro atoms. The van der Waals surface area contributed by atoms with Crippen molar-refractivity contribution in [3.63, 3.8) is 0 Å². The molecule has 1 N–H and O–H groups in total. The number of nitrogens with zero attached hydrogens (tertiary/aromatic N) is 1. The van der Waals surface area contributed by atoms with E-state index in [0.717, 1.165) is 28.4 Å². The molecule has 1 aliphatic rings. The van der Waals surface area contributed by atoms with Gasteiger partial charge in [-0.15, -0.1) is 11.3 Å². The van der Waals surface area contributed by atoms with Gasteiger partial charge in [-0.05, 0) is 26.7 Å². The predicted octanol–water partition coefficient (Wildman–Crippen LogP) is 3.70. The van der Waals surface area contributed by atoms with Crippen molar-refractivity contribution in [2.45, 2.75) is 64.1 Å². The fourth-order valence-electron chi connectivity index (χ4n) is 2.80. The second-order valence-corrected chi connectivity index (χ2v) is 6.29. The normalized spacial score (nSPS) is 21.6. The predicted molar refractivity (Wildman–Crippen MR) is 73.9 cm³/mol. The summed E-state index contributed by atoms with van der Waals surface area (Å²) < 4.78 is 5.86. The Kier molecular flexibility index (Phi) is 4.41. The van der Waals surface area contributed by atoms with Crippen LogP contribution >= 0.6 is 11.3 Å². The molecule has 0 aromatic carbocycles. The molecule has 0 aliphatic heterocycles.